The van der Waals surface area contributed by atoms with Crippen LogP contribution in [0.2, 0.25) is 0 Å². The smallest absolute Gasteiger partial charge is 0.362 e. The Kier molecular flexibility index (Phi) is 4.47. The minimum absolute atomic E-state index is 0.0126. The van der Waals surface area contributed by atoms with Crippen molar-refractivity contribution in [3.8, 4) is 0 Å². The second-order valence-electron chi connectivity index (χ2n) is 3.93. The van der Waals surface area contributed by atoms with Gasteiger partial charge in [-0.3, -0.25) is 4.79 Å². The fourth-order valence-electron chi connectivity index (χ4n) is 1.56. The summed E-state index contributed by atoms with van der Waals surface area (Å²) in [7, 11) is 0. The first-order chi connectivity index (χ1) is 9.25. The summed E-state index contributed by atoms with van der Waals surface area (Å²) in [6, 6.07) is 12.9. The second kappa shape index (κ2) is 6.51. The minimum atomic E-state index is -0.670. The summed E-state index contributed by atoms with van der Waals surface area (Å²) >= 11 is 0. The summed E-state index contributed by atoms with van der Waals surface area (Å²) < 4.78 is 4.66. The average Bonchev–Trinajstić information content (AvgIpc) is 2.94. The molecule has 2 N–H and O–H groups in total. The first-order valence-electron chi connectivity index (χ1n) is 5.89. The maximum atomic E-state index is 11.4. The monoisotopic (exact) mass is 258 g/mol. The molecule has 2 rings (SSSR count). The molecule has 0 bridgehead atoms. The quantitative estimate of drug-likeness (QED) is 0.629. The molecule has 0 atom stereocenters. The zero-order valence-corrected chi connectivity index (χ0v) is 10.3. The summed E-state index contributed by atoms with van der Waals surface area (Å²) in [6.45, 7) is 0.536. The second-order valence-corrected chi connectivity index (χ2v) is 3.93. The van der Waals surface area contributed by atoms with Crippen molar-refractivity contribution in [2.45, 2.75) is 6.54 Å². The number of benzene rings is 1. The molecule has 0 fully saturated rings. The molecule has 1 aromatic carbocycles. The number of ether oxygens (including phenoxy) is 1. The Morgan fingerprint density at radius 2 is 1.89 bits per heavy atom. The topological polar surface area (TPSA) is 71.2 Å². The molecule has 2 aromatic rings. The summed E-state index contributed by atoms with van der Waals surface area (Å²) in [5.41, 5.74) is 1.32. The Hall–Kier alpha value is -2.40. The predicted molar refractivity (Wildman–Crippen MR) is 69.4 cm³/mol. The highest BCUT2D eigenvalue weighted by molar-refractivity contribution is 5.95. The van der Waals surface area contributed by atoms with Gasteiger partial charge < -0.3 is 15.0 Å². The van der Waals surface area contributed by atoms with Crippen LogP contribution >= 0.6 is 0 Å². The number of hydrogen-bond acceptors (Lipinski definition) is 4. The number of rotatable bonds is 5. The fourth-order valence-corrected chi connectivity index (χ4v) is 1.56. The Balaban J connectivity index is 1.72. The van der Waals surface area contributed by atoms with Gasteiger partial charge in [0.25, 0.3) is 0 Å². The highest BCUT2D eigenvalue weighted by atomic mass is 16.6. The van der Waals surface area contributed by atoms with Crippen LogP contribution in [0.25, 0.3) is 0 Å². The number of H-pyrrole nitrogens is 1. The number of hydrogen-bond donors (Lipinski definition) is 2. The third-order valence-corrected chi connectivity index (χ3v) is 2.47. The zero-order chi connectivity index (χ0) is 13.5. The first-order valence-corrected chi connectivity index (χ1v) is 5.89. The van der Waals surface area contributed by atoms with Crippen molar-refractivity contribution < 1.29 is 14.3 Å². The third kappa shape index (κ3) is 4.08. The van der Waals surface area contributed by atoms with E-state index in [1.54, 1.807) is 18.3 Å². The van der Waals surface area contributed by atoms with E-state index in [0.717, 1.165) is 5.56 Å². The summed E-state index contributed by atoms with van der Waals surface area (Å²) in [6.07, 6.45) is 1.59. The van der Waals surface area contributed by atoms with Crippen molar-refractivity contribution in [1.82, 2.24) is 10.3 Å². The van der Waals surface area contributed by atoms with Gasteiger partial charge in [-0.1, -0.05) is 30.3 Å². The largest absolute Gasteiger partial charge is 0.387 e. The van der Waals surface area contributed by atoms with E-state index in [1.165, 1.54) is 0 Å². The molecule has 5 heteroatoms. The van der Waals surface area contributed by atoms with E-state index in [0.29, 0.717) is 6.54 Å². The van der Waals surface area contributed by atoms with E-state index in [4.69, 9.17) is 0 Å². The van der Waals surface area contributed by atoms with Crippen molar-refractivity contribution in [3.05, 3.63) is 59.9 Å². The first kappa shape index (κ1) is 13.0. The van der Waals surface area contributed by atoms with E-state index in [-0.39, 0.29) is 12.2 Å². The molecule has 0 saturated heterocycles. The van der Waals surface area contributed by atoms with E-state index < -0.39 is 11.9 Å². The molecule has 0 unspecified atom stereocenters. The Morgan fingerprint density at radius 1 is 1.11 bits per heavy atom. The Bertz CT molecular complexity index is 535. The molecule has 0 radical (unpaired) electrons. The number of esters is 2. The lowest BCUT2D eigenvalue weighted by Gasteiger charge is -2.04. The van der Waals surface area contributed by atoms with Crippen LogP contribution in [0.1, 0.15) is 16.1 Å². The molecule has 0 saturated carbocycles. The number of nitrogens with one attached hydrogen (secondary N) is 2. The van der Waals surface area contributed by atoms with Crippen LogP contribution in [0.3, 0.4) is 0 Å². The van der Waals surface area contributed by atoms with Gasteiger partial charge in [-0.15, -0.1) is 0 Å². The van der Waals surface area contributed by atoms with Gasteiger partial charge in [0, 0.05) is 12.7 Å². The number of aromatic amines is 1. The average molecular weight is 258 g/mol. The Morgan fingerprint density at radius 3 is 2.58 bits per heavy atom. The van der Waals surface area contributed by atoms with Crippen molar-refractivity contribution >= 4 is 11.9 Å². The van der Waals surface area contributed by atoms with E-state index in [2.05, 4.69) is 15.0 Å². The highest BCUT2D eigenvalue weighted by Gasteiger charge is 2.12. The summed E-state index contributed by atoms with van der Waals surface area (Å²) in [4.78, 5) is 25.5. The van der Waals surface area contributed by atoms with Gasteiger partial charge in [-0.05, 0) is 17.7 Å². The van der Waals surface area contributed by atoms with Crippen molar-refractivity contribution in [2.75, 3.05) is 6.54 Å². The van der Waals surface area contributed by atoms with Crippen LogP contribution in [0.5, 0.6) is 0 Å². The molecule has 1 aromatic heterocycles. The summed E-state index contributed by atoms with van der Waals surface area (Å²) in [5.74, 6) is -1.27. The molecule has 98 valence electrons. The van der Waals surface area contributed by atoms with Gasteiger partial charge in [0.2, 0.25) is 0 Å². The van der Waals surface area contributed by atoms with Crippen LogP contribution < -0.4 is 5.32 Å². The molecular weight excluding hydrogens is 244 g/mol. The number of aromatic nitrogens is 1. The lowest BCUT2D eigenvalue weighted by molar-refractivity contribution is -0.136. The van der Waals surface area contributed by atoms with Crippen LogP contribution in [-0.2, 0) is 16.1 Å². The molecule has 19 heavy (non-hydrogen) atoms. The van der Waals surface area contributed by atoms with Gasteiger partial charge in [0.1, 0.15) is 5.69 Å². The molecule has 0 spiro atoms. The van der Waals surface area contributed by atoms with Gasteiger partial charge >= 0.3 is 11.9 Å². The summed E-state index contributed by atoms with van der Waals surface area (Å²) in [5, 5.41) is 2.92. The Labute approximate surface area is 110 Å². The van der Waals surface area contributed by atoms with Crippen LogP contribution in [0.4, 0.5) is 0 Å². The van der Waals surface area contributed by atoms with Crippen molar-refractivity contribution in [2.24, 2.45) is 0 Å². The SMILES string of the molecule is O=C(CNCc1ccccc1)OC(=O)c1ccc[nH]1. The maximum absolute atomic E-state index is 11.4. The van der Waals surface area contributed by atoms with Gasteiger partial charge in [0.05, 0.1) is 6.54 Å². The molecular formula is C14H14N2O3. The predicted octanol–water partition coefficient (Wildman–Crippen LogP) is 1.49. The standard InChI is InChI=1S/C14H14N2O3/c17-13(19-14(18)12-7-4-8-16-12)10-15-9-11-5-2-1-3-6-11/h1-8,15-16H,9-10H2. The number of carbonyl (C=O) groups is 2. The molecule has 1 heterocycles. The molecule has 0 aliphatic carbocycles. The van der Waals surface area contributed by atoms with Gasteiger partial charge in [-0.25, -0.2) is 4.79 Å². The maximum Gasteiger partial charge on any atom is 0.362 e. The molecule has 0 aliphatic rings. The van der Waals surface area contributed by atoms with Gasteiger partial charge in [-0.2, -0.15) is 0 Å². The zero-order valence-electron chi connectivity index (χ0n) is 10.3. The van der Waals surface area contributed by atoms with Crippen LogP contribution in [0, 0.1) is 0 Å². The molecule has 5 nitrogen and oxygen atoms in total. The fraction of sp³-hybridized carbons (Fsp3) is 0.143. The molecule has 0 amide bonds. The minimum Gasteiger partial charge on any atom is -0.387 e. The third-order valence-electron chi connectivity index (χ3n) is 2.47. The van der Waals surface area contributed by atoms with Crippen LogP contribution in [0.15, 0.2) is 48.7 Å². The normalized spacial score (nSPS) is 10.1. The molecule has 0 aliphatic heterocycles. The van der Waals surface area contributed by atoms with E-state index in [9.17, 15) is 9.59 Å². The van der Waals surface area contributed by atoms with Crippen molar-refractivity contribution in [3.63, 3.8) is 0 Å². The lowest BCUT2D eigenvalue weighted by atomic mass is 10.2. The van der Waals surface area contributed by atoms with E-state index >= 15 is 0 Å². The van der Waals surface area contributed by atoms with Crippen LogP contribution in [-0.4, -0.2) is 23.5 Å². The van der Waals surface area contributed by atoms with Gasteiger partial charge in [0.15, 0.2) is 0 Å². The lowest BCUT2D eigenvalue weighted by Crippen LogP contribution is -2.26. The van der Waals surface area contributed by atoms with E-state index in [1.807, 2.05) is 30.3 Å². The number of carbonyl (C=O) groups excluding carboxylic acids is 2. The highest BCUT2D eigenvalue weighted by Crippen LogP contribution is 1.99. The van der Waals surface area contributed by atoms with Crippen molar-refractivity contribution in [1.29, 1.82) is 0 Å².